The molecule has 0 aliphatic heterocycles. The Balaban J connectivity index is 1.79. The predicted octanol–water partition coefficient (Wildman–Crippen LogP) is 3.85. The van der Waals surface area contributed by atoms with Gasteiger partial charge in [-0.1, -0.05) is 19.1 Å². The first-order valence-corrected chi connectivity index (χ1v) is 11.8. The van der Waals surface area contributed by atoms with Crippen LogP contribution in [0.2, 0.25) is 0 Å². The summed E-state index contributed by atoms with van der Waals surface area (Å²) < 4.78 is 6.92. The molecule has 1 aliphatic carbocycles. The average molecular weight is 455 g/mol. The van der Waals surface area contributed by atoms with Crippen LogP contribution in [0, 0.1) is 5.92 Å². The Labute approximate surface area is 192 Å². The van der Waals surface area contributed by atoms with Gasteiger partial charge >= 0.3 is 0 Å². The molecular formula is C24H30N4O3S. The molecule has 8 heteroatoms. The number of amides is 1. The molecule has 170 valence electrons. The number of benzene rings is 1. The number of fused-ring (bicyclic) bond motifs is 3. The Hall–Kier alpha value is -2.71. The molecular weight excluding hydrogens is 424 g/mol. The van der Waals surface area contributed by atoms with Crippen LogP contribution in [0.1, 0.15) is 42.6 Å². The Morgan fingerprint density at radius 1 is 1.38 bits per heavy atom. The van der Waals surface area contributed by atoms with Crippen molar-refractivity contribution in [3.05, 3.63) is 50.9 Å². The molecule has 0 fully saturated rings. The molecule has 2 atom stereocenters. The second-order valence-corrected chi connectivity index (χ2v) is 9.92. The number of methoxy groups -OCH3 is 1. The molecule has 1 N–H and O–H groups in total. The summed E-state index contributed by atoms with van der Waals surface area (Å²) in [6.45, 7) is 4.47. The van der Waals surface area contributed by atoms with Gasteiger partial charge in [-0.3, -0.25) is 14.2 Å². The van der Waals surface area contributed by atoms with Crippen LogP contribution in [0.3, 0.4) is 0 Å². The molecule has 0 saturated heterocycles. The van der Waals surface area contributed by atoms with Crippen LogP contribution >= 0.6 is 11.3 Å². The summed E-state index contributed by atoms with van der Waals surface area (Å²) in [4.78, 5) is 35.9. The zero-order valence-electron chi connectivity index (χ0n) is 19.3. The SMILES string of the molecule is COc1ccccc1NC(=O)C(C)n1c(CN(C)C)nc2sc3c(c2c1=O)CCC(C)C3. The molecule has 4 rings (SSSR count). The van der Waals surface area contributed by atoms with Gasteiger partial charge < -0.3 is 15.0 Å². The standard InChI is InChI=1S/C24H30N4O3S/c1-14-10-11-16-19(12-14)32-23-21(16)24(30)28(20(26-23)13-27(3)4)15(2)22(29)25-17-8-6-7-9-18(17)31-5/h6-9,14-15H,10-13H2,1-5H3,(H,25,29). The Kier molecular flexibility index (Phi) is 6.35. The summed E-state index contributed by atoms with van der Waals surface area (Å²) in [6, 6.07) is 6.52. The number of carbonyl (C=O) groups is 1. The lowest BCUT2D eigenvalue weighted by molar-refractivity contribution is -0.119. The number of nitrogens with zero attached hydrogens (tertiary/aromatic N) is 3. The molecule has 0 radical (unpaired) electrons. The fourth-order valence-electron chi connectivity index (χ4n) is 4.34. The first-order valence-electron chi connectivity index (χ1n) is 10.9. The number of para-hydroxylation sites is 2. The third-order valence-corrected chi connectivity index (χ3v) is 7.17. The maximum atomic E-state index is 13.8. The van der Waals surface area contributed by atoms with E-state index >= 15 is 0 Å². The van der Waals surface area contributed by atoms with Crippen molar-refractivity contribution >= 4 is 33.1 Å². The number of ether oxygens (including phenoxy) is 1. The highest BCUT2D eigenvalue weighted by Crippen LogP contribution is 2.36. The van der Waals surface area contributed by atoms with Crippen molar-refractivity contribution in [1.29, 1.82) is 0 Å². The van der Waals surface area contributed by atoms with Crippen molar-refractivity contribution in [2.24, 2.45) is 5.92 Å². The lowest BCUT2D eigenvalue weighted by Gasteiger charge is -2.22. The van der Waals surface area contributed by atoms with Crippen LogP contribution in [-0.4, -0.2) is 41.6 Å². The van der Waals surface area contributed by atoms with E-state index in [9.17, 15) is 9.59 Å². The van der Waals surface area contributed by atoms with Crippen LogP contribution in [0.15, 0.2) is 29.1 Å². The fraction of sp³-hybridized carbons (Fsp3) is 0.458. The minimum Gasteiger partial charge on any atom is -0.495 e. The van der Waals surface area contributed by atoms with E-state index in [-0.39, 0.29) is 11.5 Å². The summed E-state index contributed by atoms with van der Waals surface area (Å²) in [5.74, 6) is 1.50. The molecule has 1 amide bonds. The van der Waals surface area contributed by atoms with Gasteiger partial charge in [-0.05, 0) is 63.9 Å². The zero-order valence-corrected chi connectivity index (χ0v) is 20.1. The van der Waals surface area contributed by atoms with Crippen LogP contribution in [0.5, 0.6) is 5.75 Å². The maximum absolute atomic E-state index is 13.8. The van der Waals surface area contributed by atoms with Crippen LogP contribution in [-0.2, 0) is 24.2 Å². The minimum atomic E-state index is -0.725. The Bertz CT molecular complexity index is 1210. The number of anilines is 1. The lowest BCUT2D eigenvalue weighted by Crippen LogP contribution is -2.36. The van der Waals surface area contributed by atoms with E-state index in [1.807, 2.05) is 31.1 Å². The number of hydrogen-bond donors (Lipinski definition) is 1. The van der Waals surface area contributed by atoms with Gasteiger partial charge in [0.25, 0.3) is 5.56 Å². The molecule has 0 saturated carbocycles. The molecule has 7 nitrogen and oxygen atoms in total. The van der Waals surface area contributed by atoms with Gasteiger partial charge in [0, 0.05) is 4.88 Å². The van der Waals surface area contributed by atoms with Gasteiger partial charge in [-0.15, -0.1) is 11.3 Å². The van der Waals surface area contributed by atoms with E-state index in [4.69, 9.17) is 9.72 Å². The molecule has 1 aliphatic rings. The second kappa shape index (κ2) is 9.03. The molecule has 2 aromatic heterocycles. The normalized spacial score (nSPS) is 16.8. The number of thiophene rings is 1. The van der Waals surface area contributed by atoms with Gasteiger partial charge in [0.1, 0.15) is 22.4 Å². The molecule has 0 bridgehead atoms. The van der Waals surface area contributed by atoms with E-state index in [0.29, 0.717) is 35.1 Å². The second-order valence-electron chi connectivity index (χ2n) is 8.84. The van der Waals surface area contributed by atoms with Gasteiger partial charge in [0.2, 0.25) is 5.91 Å². The predicted molar refractivity (Wildman–Crippen MR) is 129 cm³/mol. The number of hydrogen-bond acceptors (Lipinski definition) is 6. The van der Waals surface area contributed by atoms with Gasteiger partial charge in [-0.2, -0.15) is 0 Å². The molecule has 0 spiro atoms. The first-order chi connectivity index (χ1) is 15.3. The van der Waals surface area contributed by atoms with E-state index in [1.54, 1.807) is 42.1 Å². The summed E-state index contributed by atoms with van der Waals surface area (Å²) in [5, 5.41) is 3.61. The third kappa shape index (κ3) is 4.17. The largest absolute Gasteiger partial charge is 0.495 e. The van der Waals surface area contributed by atoms with Crippen molar-refractivity contribution in [2.75, 3.05) is 26.5 Å². The zero-order chi connectivity index (χ0) is 23.0. The molecule has 1 aromatic carbocycles. The first kappa shape index (κ1) is 22.5. The number of nitrogens with one attached hydrogen (secondary N) is 1. The van der Waals surface area contributed by atoms with Crippen LogP contribution in [0.25, 0.3) is 10.2 Å². The number of aryl methyl sites for hydroxylation is 1. The van der Waals surface area contributed by atoms with Crippen molar-refractivity contribution in [3.63, 3.8) is 0 Å². The average Bonchev–Trinajstić information content (AvgIpc) is 3.10. The van der Waals surface area contributed by atoms with Gasteiger partial charge in [0.05, 0.1) is 24.7 Å². The quantitative estimate of drug-likeness (QED) is 0.612. The van der Waals surface area contributed by atoms with Crippen molar-refractivity contribution in [3.8, 4) is 5.75 Å². The van der Waals surface area contributed by atoms with Gasteiger partial charge in [-0.25, -0.2) is 4.98 Å². The van der Waals surface area contributed by atoms with E-state index < -0.39 is 6.04 Å². The lowest BCUT2D eigenvalue weighted by atomic mass is 9.89. The van der Waals surface area contributed by atoms with E-state index in [1.165, 1.54) is 4.88 Å². The minimum absolute atomic E-state index is 0.124. The van der Waals surface area contributed by atoms with Crippen molar-refractivity contribution in [1.82, 2.24) is 14.5 Å². The number of carbonyl (C=O) groups excluding carboxylic acids is 1. The number of aromatic nitrogens is 2. The molecule has 3 aromatic rings. The van der Waals surface area contributed by atoms with Crippen LogP contribution < -0.4 is 15.6 Å². The molecule has 2 heterocycles. The van der Waals surface area contributed by atoms with Gasteiger partial charge in [0.15, 0.2) is 0 Å². The topological polar surface area (TPSA) is 76.5 Å². The Morgan fingerprint density at radius 2 is 2.12 bits per heavy atom. The van der Waals surface area contributed by atoms with Crippen molar-refractivity contribution < 1.29 is 9.53 Å². The van der Waals surface area contributed by atoms with E-state index in [2.05, 4.69) is 12.2 Å². The summed E-state index contributed by atoms with van der Waals surface area (Å²) >= 11 is 1.64. The highest BCUT2D eigenvalue weighted by Gasteiger charge is 2.28. The van der Waals surface area contributed by atoms with Crippen molar-refractivity contribution in [2.45, 2.75) is 45.7 Å². The van der Waals surface area contributed by atoms with E-state index in [0.717, 1.165) is 29.7 Å². The fourth-order valence-corrected chi connectivity index (χ4v) is 5.73. The summed E-state index contributed by atoms with van der Waals surface area (Å²) in [6.07, 6.45) is 2.95. The molecule has 2 unspecified atom stereocenters. The number of rotatable bonds is 6. The van der Waals surface area contributed by atoms with Crippen LogP contribution in [0.4, 0.5) is 5.69 Å². The molecule has 32 heavy (non-hydrogen) atoms. The monoisotopic (exact) mass is 454 g/mol. The maximum Gasteiger partial charge on any atom is 0.263 e. The summed E-state index contributed by atoms with van der Waals surface area (Å²) in [5.41, 5.74) is 1.58. The third-order valence-electron chi connectivity index (χ3n) is 6.02. The Morgan fingerprint density at radius 3 is 2.84 bits per heavy atom. The summed E-state index contributed by atoms with van der Waals surface area (Å²) in [7, 11) is 5.43. The smallest absolute Gasteiger partial charge is 0.263 e. The highest BCUT2D eigenvalue weighted by molar-refractivity contribution is 7.18. The highest BCUT2D eigenvalue weighted by atomic mass is 32.1.